The highest BCUT2D eigenvalue weighted by Gasteiger charge is 2.43. The zero-order valence-electron chi connectivity index (χ0n) is 67.9. The molecule has 0 atom stereocenters. The number of rotatable bonds is 34. The maximum Gasteiger partial charge on any atom is 0.261 e. The van der Waals surface area contributed by atoms with E-state index in [2.05, 4.69) is 157 Å². The highest BCUT2D eigenvalue weighted by atomic mass is 28.3. The van der Waals surface area contributed by atoms with Gasteiger partial charge in [0.1, 0.15) is 16.1 Å². The van der Waals surface area contributed by atoms with Crippen LogP contribution in [0.15, 0.2) is 86.9 Å². The summed E-state index contributed by atoms with van der Waals surface area (Å²) in [5.74, 6) is 21.1. The average molecular weight is 1490 g/mol. The Bertz CT molecular complexity index is 5070. The van der Waals surface area contributed by atoms with Crippen LogP contribution in [0.25, 0.3) is 86.2 Å². The molecule has 570 valence electrons. The summed E-state index contributed by atoms with van der Waals surface area (Å²) >= 11 is 0. The molecule has 0 saturated heterocycles. The van der Waals surface area contributed by atoms with Crippen molar-refractivity contribution in [2.45, 2.75) is 324 Å². The van der Waals surface area contributed by atoms with Crippen molar-refractivity contribution < 1.29 is 0 Å². The van der Waals surface area contributed by atoms with Gasteiger partial charge < -0.3 is 0 Å². The van der Waals surface area contributed by atoms with E-state index in [1.54, 1.807) is 48.5 Å². The Kier molecular flexibility index (Phi) is 27.3. The normalized spacial score (nSPS) is 12.3. The molecule has 0 bridgehead atoms. The van der Waals surface area contributed by atoms with Crippen LogP contribution in [0.3, 0.4) is 0 Å². The zero-order valence-corrected chi connectivity index (χ0v) is 69.9. The second-order valence-corrected chi connectivity index (χ2v) is 44.3. The molecule has 12 nitrogen and oxygen atoms in total. The number of unbranched alkanes of at least 4 members (excludes halogenated alkanes) is 20. The van der Waals surface area contributed by atoms with Gasteiger partial charge in [0.2, 0.25) is 0 Å². The number of hydrogen-bond donors (Lipinski definition) is 0. The summed E-state index contributed by atoms with van der Waals surface area (Å²) < 4.78 is 5.46. The van der Waals surface area contributed by atoms with Crippen molar-refractivity contribution in [3.8, 4) is 46.6 Å². The molecule has 10 rings (SSSR count). The highest BCUT2D eigenvalue weighted by molar-refractivity contribution is 6.91. The molecule has 108 heavy (non-hydrogen) atoms. The second-order valence-electron chi connectivity index (χ2n) is 33.2. The third-order valence-electron chi connectivity index (χ3n) is 24.5. The molecule has 0 aliphatic rings. The van der Waals surface area contributed by atoms with Crippen LogP contribution in [0.4, 0.5) is 0 Å². The summed E-state index contributed by atoms with van der Waals surface area (Å²) in [6.45, 7) is 36.8. The van der Waals surface area contributed by atoms with Crippen molar-refractivity contribution in [1.82, 2.24) is 18.3 Å². The Morgan fingerprint density at radius 1 is 0.231 bits per heavy atom. The first-order valence-electron chi connectivity index (χ1n) is 41.5. The fraction of sp³-hybridized carbons (Fsp3) is 0.532. The minimum absolute atomic E-state index is 0.243. The van der Waals surface area contributed by atoms with E-state index < -0.39 is 38.4 Å². The van der Waals surface area contributed by atoms with Crippen molar-refractivity contribution in [2.24, 2.45) is 0 Å². The van der Waals surface area contributed by atoms with Crippen LogP contribution in [0.5, 0.6) is 0 Å². The standard InChI is InChI=1S/C94H118N4O8Si2/c1-17-21-25-29-33-39-47-95-87(99)79-53-71-67(72-54-80-84(92(104)96(88(80)100)48-40-34-30-26-22-18-2)58-76(72)69(75(71)57-83(79)91(95)103)45-51-107(61(5)6,62(7)8)63(9)10)43-37-38-44-68-73-55-81-85(93(105)97(89(81)101)49-41-35-31-27-23-19-3)59-77(73)70(46-52-108(64(11)12,65(13)14)66(15)16)78-60-86-82(56-74(68)78)90(102)98(94(86)106)50-42-36-32-28-24-20-4/h53-66H,17-36,39-42,47-50H2,1-16H3. The lowest BCUT2D eigenvalue weighted by molar-refractivity contribution is 0.547. The molecular weight excluding hydrogens is 1370 g/mol. The maximum atomic E-state index is 14.9. The lowest BCUT2D eigenvalue weighted by Gasteiger charge is -2.38. The molecule has 0 radical (unpaired) electrons. The molecule has 14 heteroatoms. The minimum Gasteiger partial charge on any atom is -0.274 e. The van der Waals surface area contributed by atoms with E-state index in [4.69, 9.17) is 0 Å². The molecule has 0 aliphatic heterocycles. The highest BCUT2D eigenvalue weighted by Crippen LogP contribution is 2.44. The molecule has 0 spiro atoms. The van der Waals surface area contributed by atoms with Crippen LogP contribution >= 0.6 is 0 Å². The fourth-order valence-corrected chi connectivity index (χ4v) is 28.9. The van der Waals surface area contributed by atoms with Gasteiger partial charge in [-0.15, -0.1) is 11.1 Å². The van der Waals surface area contributed by atoms with Crippen LogP contribution in [-0.2, 0) is 26.2 Å². The zero-order chi connectivity index (χ0) is 78.1. The van der Waals surface area contributed by atoms with E-state index in [-0.39, 0.29) is 125 Å². The van der Waals surface area contributed by atoms with Gasteiger partial charge in [0, 0.05) is 91.5 Å². The van der Waals surface area contributed by atoms with Gasteiger partial charge in [0.15, 0.2) is 0 Å². The monoisotopic (exact) mass is 1490 g/mol. The summed E-state index contributed by atoms with van der Waals surface area (Å²) in [4.78, 5) is 119. The van der Waals surface area contributed by atoms with E-state index in [0.29, 0.717) is 91.0 Å². The predicted molar refractivity (Wildman–Crippen MR) is 463 cm³/mol. The van der Waals surface area contributed by atoms with Gasteiger partial charge in [-0.3, -0.25) is 56.6 Å². The first-order valence-corrected chi connectivity index (χ1v) is 46.0. The van der Waals surface area contributed by atoms with Crippen LogP contribution < -0.4 is 44.5 Å². The number of benzene rings is 6. The molecule has 0 amide bonds. The van der Waals surface area contributed by atoms with Crippen LogP contribution in [0, 0.1) is 46.6 Å². The largest absolute Gasteiger partial charge is 0.274 e. The van der Waals surface area contributed by atoms with Crippen LogP contribution in [0.1, 0.15) is 287 Å². The average Bonchev–Trinajstić information content (AvgIpc) is 1.36. The summed E-state index contributed by atoms with van der Waals surface area (Å²) in [6, 6.07) is 14.3. The molecule has 6 aromatic carbocycles. The SMILES string of the molecule is CCCCCCCCn1c(=O)c2cc3c(C#CC#Cc4c5cc6c(=O)n(CCCCCCCC)c(=O)c6cc5c(C#C[Si](C(C)C)(C(C)C)C(C)C)c5cc6c(=O)n(CCCCCCCC)c(=O)c6cc45)c4cc5c(=O)n(CCCCCCCC)c(=O)c5cc4c(C#C[Si](C(C)C)(C(C)C)C(C)C)c3cc2c1=O. The Morgan fingerprint density at radius 2 is 0.389 bits per heavy atom. The maximum absolute atomic E-state index is 14.9. The molecule has 10 aromatic rings. The van der Waals surface area contributed by atoms with E-state index in [0.717, 1.165) is 128 Å². The minimum atomic E-state index is -2.50. The molecule has 0 saturated carbocycles. The first kappa shape index (κ1) is 82.1. The summed E-state index contributed by atoms with van der Waals surface area (Å²) in [5, 5.41) is 6.50. The lowest BCUT2D eigenvalue weighted by Crippen LogP contribution is -2.43. The second kappa shape index (κ2) is 36.0. The quantitative estimate of drug-likeness (QED) is 0.0167. The molecule has 0 N–H and O–H groups in total. The first-order chi connectivity index (χ1) is 51.8. The molecule has 4 heterocycles. The van der Waals surface area contributed by atoms with Crippen molar-refractivity contribution >= 4 is 102 Å². The summed E-state index contributed by atoms with van der Waals surface area (Å²) in [5.41, 5.74) is 8.40. The van der Waals surface area contributed by atoms with Gasteiger partial charge >= 0.3 is 0 Å². The van der Waals surface area contributed by atoms with E-state index in [1.165, 1.54) is 18.3 Å². The van der Waals surface area contributed by atoms with Gasteiger partial charge in [-0.25, -0.2) is 0 Å². The van der Waals surface area contributed by atoms with E-state index >= 15 is 0 Å². The van der Waals surface area contributed by atoms with Crippen molar-refractivity contribution in [3.63, 3.8) is 0 Å². The number of fused-ring (bicyclic) bond motifs is 8. The van der Waals surface area contributed by atoms with Crippen molar-refractivity contribution in [3.05, 3.63) is 154 Å². The van der Waals surface area contributed by atoms with Gasteiger partial charge in [0.25, 0.3) is 44.5 Å². The Balaban J connectivity index is 1.33. The number of aromatic nitrogens is 4. The van der Waals surface area contributed by atoms with Crippen LogP contribution in [0.2, 0.25) is 33.2 Å². The van der Waals surface area contributed by atoms with Gasteiger partial charge in [-0.2, -0.15) is 0 Å². The molecule has 0 aliphatic carbocycles. The topological polar surface area (TPSA) is 156 Å². The molecule has 0 fully saturated rings. The Morgan fingerprint density at radius 3 is 0.556 bits per heavy atom. The van der Waals surface area contributed by atoms with Crippen molar-refractivity contribution in [2.75, 3.05) is 0 Å². The van der Waals surface area contributed by atoms with Crippen LogP contribution in [-0.4, -0.2) is 34.4 Å². The Hall–Kier alpha value is -8.41. The third kappa shape index (κ3) is 16.0. The number of hydrogen-bond acceptors (Lipinski definition) is 8. The fourth-order valence-electron chi connectivity index (χ4n) is 18.5. The van der Waals surface area contributed by atoms with E-state index in [9.17, 15) is 38.4 Å². The van der Waals surface area contributed by atoms with Crippen molar-refractivity contribution in [1.29, 1.82) is 0 Å². The van der Waals surface area contributed by atoms with E-state index in [1.807, 2.05) is 0 Å². The summed E-state index contributed by atoms with van der Waals surface area (Å²) in [7, 11) is -4.99. The third-order valence-corrected chi connectivity index (χ3v) is 37.1. The van der Waals surface area contributed by atoms with Gasteiger partial charge in [-0.1, -0.05) is 263 Å². The Labute approximate surface area is 641 Å². The summed E-state index contributed by atoms with van der Waals surface area (Å²) in [6.07, 6.45) is 23.4. The smallest absolute Gasteiger partial charge is 0.261 e. The van der Waals surface area contributed by atoms with Gasteiger partial charge in [-0.05, 0) is 119 Å². The van der Waals surface area contributed by atoms with Gasteiger partial charge in [0.05, 0.1) is 43.1 Å². The lowest BCUT2D eigenvalue weighted by atomic mass is 9.89. The predicted octanol–water partition coefficient (Wildman–Crippen LogP) is 20.7. The number of nitrogens with zero attached hydrogens (tertiary/aromatic N) is 4. The molecule has 4 aromatic heterocycles. The molecular formula is C94H118N4O8Si2. The molecule has 0 unspecified atom stereocenters.